The number of fused-ring (bicyclic) bond motifs is 1. The van der Waals surface area contributed by atoms with E-state index in [2.05, 4.69) is 15.9 Å². The SMILES string of the molecule is CCOC(=O)C1=C(c2ccccc2)N=c2s/c(=C\c3cc(Br)c(OCc4ccc(F)cc4)c(OC)c3)c(=O)n2[C@@H]1c1ccc(OC)cc1. The first-order valence-electron chi connectivity index (χ1n) is 15.0. The number of benzene rings is 4. The van der Waals surface area contributed by atoms with Crippen LogP contribution in [0.2, 0.25) is 0 Å². The number of rotatable bonds is 10. The highest BCUT2D eigenvalue weighted by molar-refractivity contribution is 9.10. The lowest BCUT2D eigenvalue weighted by Crippen LogP contribution is -2.40. The van der Waals surface area contributed by atoms with Crippen molar-refractivity contribution in [1.82, 2.24) is 4.57 Å². The molecule has 5 aromatic rings. The molecule has 244 valence electrons. The van der Waals surface area contributed by atoms with E-state index in [-0.39, 0.29) is 30.2 Å². The molecule has 1 aliphatic rings. The molecular weight excluding hydrogens is 699 g/mol. The summed E-state index contributed by atoms with van der Waals surface area (Å²) in [4.78, 5) is 33.3. The third-order valence-electron chi connectivity index (χ3n) is 7.65. The Morgan fingerprint density at radius 1 is 1.00 bits per heavy atom. The van der Waals surface area contributed by atoms with E-state index in [0.29, 0.717) is 47.9 Å². The van der Waals surface area contributed by atoms with E-state index >= 15 is 0 Å². The maximum atomic E-state index is 14.3. The van der Waals surface area contributed by atoms with Crippen molar-refractivity contribution in [1.29, 1.82) is 0 Å². The maximum absolute atomic E-state index is 14.3. The summed E-state index contributed by atoms with van der Waals surface area (Å²) in [6, 6.07) is 25.5. The zero-order valence-electron chi connectivity index (χ0n) is 26.2. The highest BCUT2D eigenvalue weighted by Gasteiger charge is 2.35. The van der Waals surface area contributed by atoms with Gasteiger partial charge in [0, 0.05) is 5.56 Å². The number of halogens is 2. The fraction of sp³-hybridized carbons (Fsp3) is 0.162. The second-order valence-corrected chi connectivity index (χ2v) is 12.5. The van der Waals surface area contributed by atoms with Crippen LogP contribution in [0.3, 0.4) is 0 Å². The minimum Gasteiger partial charge on any atom is -0.497 e. The van der Waals surface area contributed by atoms with Crippen LogP contribution >= 0.6 is 27.3 Å². The molecule has 0 fully saturated rings. The lowest BCUT2D eigenvalue weighted by atomic mass is 9.93. The standard InChI is InChI=1S/C37H30BrFN2O6S/c1-4-46-36(43)31-32(24-8-6-5-7-9-24)40-37-41(33(31)25-12-16-27(44-2)17-13-25)35(42)30(48-37)20-23-18-28(38)34(29(19-23)45-3)47-21-22-10-14-26(39)15-11-22/h5-20,33H,4,21H2,1-3H3/b30-20-/t33-/m1/s1. The molecular formula is C37H30BrFN2O6S. The molecule has 1 atom stereocenters. The van der Waals surface area contributed by atoms with Gasteiger partial charge in [0.1, 0.15) is 18.2 Å². The number of carbonyl (C=O) groups is 1. The van der Waals surface area contributed by atoms with Crippen LogP contribution in [-0.4, -0.2) is 31.4 Å². The molecule has 11 heteroatoms. The normalized spacial score (nSPS) is 14.3. The molecule has 0 amide bonds. The van der Waals surface area contributed by atoms with Crippen LogP contribution in [0.15, 0.2) is 111 Å². The van der Waals surface area contributed by atoms with Crippen molar-refractivity contribution >= 4 is 45.0 Å². The minimum absolute atomic E-state index is 0.157. The van der Waals surface area contributed by atoms with E-state index in [1.165, 1.54) is 30.6 Å². The Morgan fingerprint density at radius 3 is 2.40 bits per heavy atom. The lowest BCUT2D eigenvalue weighted by molar-refractivity contribution is -0.138. The number of thiazole rings is 1. The number of nitrogens with zero attached hydrogens (tertiary/aromatic N) is 2. The van der Waals surface area contributed by atoms with Crippen LogP contribution in [-0.2, 0) is 16.1 Å². The second-order valence-electron chi connectivity index (χ2n) is 10.7. The summed E-state index contributed by atoms with van der Waals surface area (Å²) in [5.74, 6) is 0.667. The fourth-order valence-corrected chi connectivity index (χ4v) is 6.97. The molecule has 0 bridgehead atoms. The monoisotopic (exact) mass is 728 g/mol. The van der Waals surface area contributed by atoms with Crippen LogP contribution in [0, 0.1) is 5.82 Å². The molecule has 0 unspecified atom stereocenters. The predicted molar refractivity (Wildman–Crippen MR) is 185 cm³/mol. The quantitative estimate of drug-likeness (QED) is 0.154. The molecule has 0 N–H and O–H groups in total. The maximum Gasteiger partial charge on any atom is 0.338 e. The third-order valence-corrected chi connectivity index (χ3v) is 9.22. The molecule has 0 saturated heterocycles. The van der Waals surface area contributed by atoms with E-state index in [1.807, 2.05) is 48.5 Å². The molecule has 48 heavy (non-hydrogen) atoms. The lowest BCUT2D eigenvalue weighted by Gasteiger charge is -2.26. The van der Waals surface area contributed by atoms with Gasteiger partial charge in [0.25, 0.3) is 5.56 Å². The van der Waals surface area contributed by atoms with Crippen LogP contribution in [0.5, 0.6) is 17.2 Å². The van der Waals surface area contributed by atoms with Gasteiger partial charge in [-0.3, -0.25) is 9.36 Å². The highest BCUT2D eigenvalue weighted by atomic mass is 79.9. The zero-order chi connectivity index (χ0) is 33.8. The number of esters is 1. The van der Waals surface area contributed by atoms with Crippen molar-refractivity contribution in [3.8, 4) is 17.2 Å². The highest BCUT2D eigenvalue weighted by Crippen LogP contribution is 2.38. The number of hydrogen-bond donors (Lipinski definition) is 0. The molecule has 0 saturated carbocycles. The molecule has 8 nitrogen and oxygen atoms in total. The summed E-state index contributed by atoms with van der Waals surface area (Å²) in [7, 11) is 3.11. The predicted octanol–water partition coefficient (Wildman–Crippen LogP) is 6.43. The number of methoxy groups -OCH3 is 2. The Hall–Kier alpha value is -5.00. The molecule has 0 spiro atoms. The summed E-state index contributed by atoms with van der Waals surface area (Å²) in [5, 5.41) is 0. The minimum atomic E-state index is -0.813. The largest absolute Gasteiger partial charge is 0.497 e. The van der Waals surface area contributed by atoms with Gasteiger partial charge in [-0.15, -0.1) is 0 Å². The third kappa shape index (κ3) is 6.69. The van der Waals surface area contributed by atoms with Gasteiger partial charge < -0.3 is 18.9 Å². The topological polar surface area (TPSA) is 88.4 Å². The van der Waals surface area contributed by atoms with Crippen molar-refractivity contribution in [3.05, 3.63) is 149 Å². The van der Waals surface area contributed by atoms with Crippen molar-refractivity contribution in [2.24, 2.45) is 4.99 Å². The van der Waals surface area contributed by atoms with Gasteiger partial charge in [0.2, 0.25) is 0 Å². The Balaban J connectivity index is 1.49. The van der Waals surface area contributed by atoms with E-state index in [4.69, 9.17) is 23.9 Å². The summed E-state index contributed by atoms with van der Waals surface area (Å²) in [5.41, 5.74) is 3.27. The van der Waals surface area contributed by atoms with E-state index in [1.54, 1.807) is 55.0 Å². The summed E-state index contributed by atoms with van der Waals surface area (Å²) < 4.78 is 38.5. The molecule has 2 heterocycles. The molecule has 6 rings (SSSR count). The average molecular weight is 730 g/mol. The van der Waals surface area contributed by atoms with Gasteiger partial charge in [-0.05, 0) is 82.0 Å². The Morgan fingerprint density at radius 2 is 1.73 bits per heavy atom. The van der Waals surface area contributed by atoms with Crippen LogP contribution in [0.4, 0.5) is 4.39 Å². The number of carbonyl (C=O) groups excluding carboxylic acids is 1. The Kier molecular flexibility index (Phi) is 9.88. The molecule has 0 radical (unpaired) electrons. The van der Waals surface area contributed by atoms with Gasteiger partial charge in [-0.1, -0.05) is 65.9 Å². The van der Waals surface area contributed by atoms with E-state index < -0.39 is 12.0 Å². The van der Waals surface area contributed by atoms with E-state index in [0.717, 1.165) is 11.1 Å². The molecule has 1 aromatic heterocycles. The van der Waals surface area contributed by atoms with Crippen molar-refractivity contribution in [3.63, 3.8) is 0 Å². The second kappa shape index (κ2) is 14.4. The number of ether oxygens (including phenoxy) is 4. The van der Waals surface area contributed by atoms with E-state index in [9.17, 15) is 14.0 Å². The van der Waals surface area contributed by atoms with Crippen LogP contribution in [0.1, 0.15) is 35.2 Å². The van der Waals surface area contributed by atoms with Crippen molar-refractivity contribution in [2.75, 3.05) is 20.8 Å². The molecule has 4 aromatic carbocycles. The Bertz CT molecular complexity index is 2180. The van der Waals surface area contributed by atoms with Gasteiger partial charge >= 0.3 is 5.97 Å². The first-order valence-corrected chi connectivity index (χ1v) is 16.6. The Labute approximate surface area is 288 Å². The van der Waals surface area contributed by atoms with Gasteiger partial charge in [-0.2, -0.15) is 0 Å². The first-order chi connectivity index (χ1) is 23.3. The van der Waals surface area contributed by atoms with Gasteiger partial charge in [0.05, 0.1) is 47.1 Å². The fourth-order valence-electron chi connectivity index (χ4n) is 5.39. The number of aromatic nitrogens is 1. The van der Waals surface area contributed by atoms with Crippen LogP contribution < -0.4 is 29.1 Å². The van der Waals surface area contributed by atoms with Crippen LogP contribution in [0.25, 0.3) is 11.8 Å². The summed E-state index contributed by atoms with van der Waals surface area (Å²) in [6.07, 6.45) is 1.75. The van der Waals surface area contributed by atoms with Gasteiger partial charge in [0.15, 0.2) is 16.3 Å². The number of hydrogen-bond acceptors (Lipinski definition) is 8. The van der Waals surface area contributed by atoms with Crippen molar-refractivity contribution < 1.29 is 28.1 Å². The average Bonchev–Trinajstić information content (AvgIpc) is 3.41. The van der Waals surface area contributed by atoms with Gasteiger partial charge in [-0.25, -0.2) is 14.2 Å². The first kappa shape index (κ1) is 32.9. The summed E-state index contributed by atoms with van der Waals surface area (Å²) in [6.45, 7) is 2.10. The zero-order valence-corrected chi connectivity index (χ0v) is 28.6. The summed E-state index contributed by atoms with van der Waals surface area (Å²) >= 11 is 4.81. The smallest absolute Gasteiger partial charge is 0.338 e. The molecule has 0 aliphatic carbocycles. The molecule has 1 aliphatic heterocycles. The van der Waals surface area contributed by atoms with Crippen molar-refractivity contribution in [2.45, 2.75) is 19.6 Å².